The van der Waals surface area contributed by atoms with Gasteiger partial charge in [-0.05, 0) is 24.6 Å². The Kier molecular flexibility index (Phi) is 4.08. The molecule has 0 atom stereocenters. The molecule has 0 aromatic heterocycles. The summed E-state index contributed by atoms with van der Waals surface area (Å²) in [6, 6.07) is 13.5. The summed E-state index contributed by atoms with van der Waals surface area (Å²) in [6.45, 7) is 1.70. The van der Waals surface area contributed by atoms with Crippen molar-refractivity contribution >= 4 is 23.4 Å². The molecule has 2 aromatic carbocycles. The van der Waals surface area contributed by atoms with Crippen LogP contribution >= 0.6 is 23.4 Å². The van der Waals surface area contributed by atoms with Crippen LogP contribution in [0.15, 0.2) is 47.4 Å². The topological polar surface area (TPSA) is 0 Å². The van der Waals surface area contributed by atoms with Crippen molar-refractivity contribution in [1.29, 1.82) is 0 Å². The van der Waals surface area contributed by atoms with Crippen LogP contribution < -0.4 is 0 Å². The minimum absolute atomic E-state index is 0.210. The first-order valence-corrected chi connectivity index (χ1v) is 6.66. The van der Waals surface area contributed by atoms with Crippen molar-refractivity contribution in [3.05, 3.63) is 64.4 Å². The molecule has 0 fully saturated rings. The normalized spacial score (nSPS) is 10.5. The highest BCUT2D eigenvalue weighted by molar-refractivity contribution is 7.98. The summed E-state index contributed by atoms with van der Waals surface area (Å²) in [5.41, 5.74) is 1.70. The van der Waals surface area contributed by atoms with Crippen LogP contribution in [-0.4, -0.2) is 0 Å². The maximum absolute atomic E-state index is 13.9. The van der Waals surface area contributed by atoms with Crippen molar-refractivity contribution in [2.24, 2.45) is 0 Å². The summed E-state index contributed by atoms with van der Waals surface area (Å²) in [5, 5.41) is 0.478. The number of hydrogen-bond donors (Lipinski definition) is 0. The summed E-state index contributed by atoms with van der Waals surface area (Å²) in [6.07, 6.45) is 0. The van der Waals surface area contributed by atoms with E-state index < -0.39 is 0 Å². The molecule has 0 heterocycles. The van der Waals surface area contributed by atoms with E-state index in [0.717, 1.165) is 5.75 Å². The number of rotatable bonds is 3. The lowest BCUT2D eigenvalue weighted by Crippen LogP contribution is -1.88. The van der Waals surface area contributed by atoms with E-state index in [2.05, 4.69) is 0 Å². The van der Waals surface area contributed by atoms with Gasteiger partial charge in [0.15, 0.2) is 0 Å². The molecule has 0 radical (unpaired) electrons. The van der Waals surface area contributed by atoms with Gasteiger partial charge >= 0.3 is 0 Å². The van der Waals surface area contributed by atoms with Gasteiger partial charge in [0, 0.05) is 21.2 Å². The number of thioether (sulfide) groups is 1. The van der Waals surface area contributed by atoms with E-state index in [1.54, 1.807) is 19.1 Å². The van der Waals surface area contributed by atoms with Crippen molar-refractivity contribution in [2.45, 2.75) is 17.6 Å². The van der Waals surface area contributed by atoms with Gasteiger partial charge in [-0.2, -0.15) is 0 Å². The number of halogens is 2. The molecule has 0 aliphatic carbocycles. The Morgan fingerprint density at radius 3 is 2.53 bits per heavy atom. The molecule has 0 aliphatic heterocycles. The summed E-state index contributed by atoms with van der Waals surface area (Å²) >= 11 is 7.34. The molecular formula is C14H12ClFS. The largest absolute Gasteiger partial charge is 0.205 e. The third kappa shape index (κ3) is 3.02. The highest BCUT2D eigenvalue weighted by Crippen LogP contribution is 2.30. The van der Waals surface area contributed by atoms with Crippen molar-refractivity contribution in [2.75, 3.05) is 0 Å². The zero-order valence-electron chi connectivity index (χ0n) is 9.41. The lowest BCUT2D eigenvalue weighted by Gasteiger charge is -2.06. The predicted molar refractivity (Wildman–Crippen MR) is 72.2 cm³/mol. The van der Waals surface area contributed by atoms with Gasteiger partial charge in [-0.15, -0.1) is 11.8 Å². The Balaban J connectivity index is 2.13. The van der Waals surface area contributed by atoms with Crippen LogP contribution in [0.5, 0.6) is 0 Å². The molecule has 3 heteroatoms. The molecule has 0 aliphatic rings. The van der Waals surface area contributed by atoms with E-state index in [1.807, 2.05) is 30.3 Å². The molecule has 2 rings (SSSR count). The highest BCUT2D eigenvalue weighted by Gasteiger charge is 2.08. The lowest BCUT2D eigenvalue weighted by molar-refractivity contribution is 0.592. The maximum atomic E-state index is 13.9. The standard InChI is InChI=1S/C14H12ClFS/c1-10-12(15)7-8-13(14(10)16)17-9-11-5-3-2-4-6-11/h2-8H,9H2,1H3. The fourth-order valence-electron chi connectivity index (χ4n) is 1.48. The average molecular weight is 267 g/mol. The van der Waals surface area contributed by atoms with Crippen molar-refractivity contribution in [3.63, 3.8) is 0 Å². The van der Waals surface area contributed by atoms with E-state index in [0.29, 0.717) is 15.5 Å². The molecule has 0 amide bonds. The maximum Gasteiger partial charge on any atom is 0.141 e. The van der Waals surface area contributed by atoms with Crippen molar-refractivity contribution in [3.8, 4) is 0 Å². The van der Waals surface area contributed by atoms with Gasteiger partial charge < -0.3 is 0 Å². The van der Waals surface area contributed by atoms with Crippen molar-refractivity contribution < 1.29 is 4.39 Å². The van der Waals surface area contributed by atoms with Crippen LogP contribution in [0.4, 0.5) is 4.39 Å². The van der Waals surface area contributed by atoms with Crippen LogP contribution in [0.25, 0.3) is 0 Å². The predicted octanol–water partition coefficient (Wildman–Crippen LogP) is 5.08. The van der Waals surface area contributed by atoms with Crippen LogP contribution in [0, 0.1) is 12.7 Å². The van der Waals surface area contributed by atoms with Gasteiger partial charge in [-0.1, -0.05) is 41.9 Å². The molecular weight excluding hydrogens is 255 g/mol. The third-order valence-electron chi connectivity index (χ3n) is 2.52. The molecule has 0 saturated carbocycles. The second kappa shape index (κ2) is 5.56. The molecule has 0 N–H and O–H groups in total. The average Bonchev–Trinajstić information content (AvgIpc) is 2.36. The van der Waals surface area contributed by atoms with E-state index in [9.17, 15) is 4.39 Å². The van der Waals surface area contributed by atoms with Crippen LogP contribution in [0.2, 0.25) is 5.02 Å². The Morgan fingerprint density at radius 2 is 1.82 bits per heavy atom. The van der Waals surface area contributed by atoms with Gasteiger partial charge in [0.05, 0.1) is 0 Å². The highest BCUT2D eigenvalue weighted by atomic mass is 35.5. The number of benzene rings is 2. The third-order valence-corrected chi connectivity index (χ3v) is 4.04. The summed E-state index contributed by atoms with van der Waals surface area (Å²) in [4.78, 5) is 0.649. The molecule has 0 nitrogen and oxygen atoms in total. The summed E-state index contributed by atoms with van der Waals surface area (Å²) in [5.74, 6) is 0.553. The Hall–Kier alpha value is -0.990. The first-order valence-electron chi connectivity index (χ1n) is 5.30. The Bertz CT molecular complexity index is 511. The second-order valence-electron chi connectivity index (χ2n) is 3.76. The van der Waals surface area contributed by atoms with E-state index in [-0.39, 0.29) is 5.82 Å². The van der Waals surface area contributed by atoms with Gasteiger partial charge in [0.1, 0.15) is 5.82 Å². The summed E-state index contributed by atoms with van der Waals surface area (Å²) in [7, 11) is 0. The van der Waals surface area contributed by atoms with E-state index in [1.165, 1.54) is 17.3 Å². The SMILES string of the molecule is Cc1c(Cl)ccc(SCc2ccccc2)c1F. The first kappa shape index (κ1) is 12.5. The minimum atomic E-state index is -0.210. The summed E-state index contributed by atoms with van der Waals surface area (Å²) < 4.78 is 13.9. The molecule has 0 spiro atoms. The van der Waals surface area contributed by atoms with Crippen LogP contribution in [0.1, 0.15) is 11.1 Å². The van der Waals surface area contributed by atoms with Gasteiger partial charge in [-0.25, -0.2) is 4.39 Å². The quantitative estimate of drug-likeness (QED) is 0.698. The van der Waals surface area contributed by atoms with Crippen LogP contribution in [0.3, 0.4) is 0 Å². The monoisotopic (exact) mass is 266 g/mol. The zero-order chi connectivity index (χ0) is 12.3. The number of hydrogen-bond acceptors (Lipinski definition) is 1. The Labute approximate surface area is 110 Å². The lowest BCUT2D eigenvalue weighted by atomic mass is 10.2. The van der Waals surface area contributed by atoms with E-state index >= 15 is 0 Å². The Morgan fingerprint density at radius 1 is 1.12 bits per heavy atom. The van der Waals surface area contributed by atoms with E-state index in [4.69, 9.17) is 11.6 Å². The molecule has 0 saturated heterocycles. The van der Waals surface area contributed by atoms with Gasteiger partial charge in [-0.3, -0.25) is 0 Å². The molecule has 88 valence electrons. The van der Waals surface area contributed by atoms with Gasteiger partial charge in [0.25, 0.3) is 0 Å². The zero-order valence-corrected chi connectivity index (χ0v) is 11.0. The first-order chi connectivity index (χ1) is 8.18. The van der Waals surface area contributed by atoms with Crippen LogP contribution in [-0.2, 0) is 5.75 Å². The van der Waals surface area contributed by atoms with Crippen molar-refractivity contribution in [1.82, 2.24) is 0 Å². The minimum Gasteiger partial charge on any atom is -0.205 e. The molecule has 0 unspecified atom stereocenters. The molecule has 0 bridgehead atoms. The molecule has 17 heavy (non-hydrogen) atoms. The fraction of sp³-hybridized carbons (Fsp3) is 0.143. The second-order valence-corrected chi connectivity index (χ2v) is 5.18. The fourth-order valence-corrected chi connectivity index (χ4v) is 2.59. The smallest absolute Gasteiger partial charge is 0.141 e. The molecule has 2 aromatic rings. The van der Waals surface area contributed by atoms with Gasteiger partial charge in [0.2, 0.25) is 0 Å².